The van der Waals surface area contributed by atoms with E-state index in [1.54, 1.807) is 6.08 Å². The van der Waals surface area contributed by atoms with E-state index in [0.29, 0.717) is 5.92 Å². The zero-order valence-electron chi connectivity index (χ0n) is 11.7. The summed E-state index contributed by atoms with van der Waals surface area (Å²) in [6.07, 6.45) is 4.52. The number of amides is 1. The summed E-state index contributed by atoms with van der Waals surface area (Å²) in [6.45, 7) is 8.32. The molecule has 0 spiro atoms. The monoisotopic (exact) mass is 245 g/mol. The normalized spacial score (nSPS) is 11.4. The molecule has 0 aliphatic heterocycles. The molecule has 0 aliphatic rings. The molecule has 0 saturated heterocycles. The first-order valence-electron chi connectivity index (χ1n) is 6.55. The van der Waals surface area contributed by atoms with E-state index in [0.717, 1.165) is 12.0 Å². The molecule has 1 aromatic rings. The molecule has 2 heteroatoms. The molecule has 1 rings (SSSR count). The molecule has 98 valence electrons. The van der Waals surface area contributed by atoms with Gasteiger partial charge in [-0.1, -0.05) is 38.1 Å². The third-order valence-corrected chi connectivity index (χ3v) is 2.45. The number of carbonyl (C=O) groups excluding carboxylic acids is 1. The molecule has 0 bridgehead atoms. The molecule has 18 heavy (non-hydrogen) atoms. The van der Waals surface area contributed by atoms with Crippen LogP contribution in [0, 0.1) is 5.92 Å². The van der Waals surface area contributed by atoms with Gasteiger partial charge in [0.25, 0.3) is 0 Å². The first kappa shape index (κ1) is 14.5. The van der Waals surface area contributed by atoms with E-state index in [-0.39, 0.29) is 11.9 Å². The summed E-state index contributed by atoms with van der Waals surface area (Å²) in [4.78, 5) is 11.5. The number of benzene rings is 1. The van der Waals surface area contributed by atoms with Crippen molar-refractivity contribution < 1.29 is 4.79 Å². The van der Waals surface area contributed by atoms with Gasteiger partial charge in [0.15, 0.2) is 0 Å². The molecule has 1 aromatic carbocycles. The van der Waals surface area contributed by atoms with Crippen molar-refractivity contribution in [3.05, 3.63) is 41.5 Å². The van der Waals surface area contributed by atoms with Crippen molar-refractivity contribution in [3.63, 3.8) is 0 Å². The maximum atomic E-state index is 11.5. The summed E-state index contributed by atoms with van der Waals surface area (Å²) in [7, 11) is 0. The van der Waals surface area contributed by atoms with Gasteiger partial charge in [0.1, 0.15) is 0 Å². The molecule has 0 radical (unpaired) electrons. The van der Waals surface area contributed by atoms with E-state index in [9.17, 15) is 4.79 Å². The number of rotatable bonds is 5. The summed E-state index contributed by atoms with van der Waals surface area (Å²) in [5, 5.41) is 2.83. The van der Waals surface area contributed by atoms with Crippen LogP contribution in [0.15, 0.2) is 30.3 Å². The zero-order chi connectivity index (χ0) is 13.5. The Kier molecular flexibility index (Phi) is 5.63. The van der Waals surface area contributed by atoms with Crippen LogP contribution in [0.4, 0.5) is 0 Å². The quantitative estimate of drug-likeness (QED) is 0.791. The predicted octanol–water partition coefficient (Wildman–Crippen LogP) is 3.42. The number of hydrogen-bond donors (Lipinski definition) is 1. The van der Waals surface area contributed by atoms with Gasteiger partial charge in [0, 0.05) is 12.1 Å². The molecule has 0 unspecified atom stereocenters. The Morgan fingerprint density at radius 3 is 2.61 bits per heavy atom. The highest BCUT2D eigenvalue weighted by molar-refractivity contribution is 5.91. The largest absolute Gasteiger partial charge is 0.350 e. The van der Waals surface area contributed by atoms with Crippen LogP contribution in [0.3, 0.4) is 0 Å². The van der Waals surface area contributed by atoms with E-state index in [1.807, 2.05) is 32.1 Å². The molecule has 0 saturated carbocycles. The minimum atomic E-state index is -0.0423. The Morgan fingerprint density at radius 1 is 1.28 bits per heavy atom. The van der Waals surface area contributed by atoms with Gasteiger partial charge in [-0.05, 0) is 43.4 Å². The Hall–Kier alpha value is -1.57. The summed E-state index contributed by atoms with van der Waals surface area (Å²) >= 11 is 0. The molecule has 0 atom stereocenters. The van der Waals surface area contributed by atoms with Gasteiger partial charge in [0.05, 0.1) is 0 Å². The van der Waals surface area contributed by atoms with Crippen molar-refractivity contribution in [1.29, 1.82) is 0 Å². The standard InChI is InChI=1S/C16H23NO/c1-12(2)10-15-7-5-6-14(11-15)8-9-16(18)17-13(3)4/h5-9,11-13H,10H2,1-4H3,(H,17,18)/b9-8+. The summed E-state index contributed by atoms with van der Waals surface area (Å²) in [5.74, 6) is 0.604. The van der Waals surface area contributed by atoms with Gasteiger partial charge in [-0.3, -0.25) is 4.79 Å². The molecular formula is C16H23NO. The third kappa shape index (κ3) is 5.67. The minimum Gasteiger partial charge on any atom is -0.350 e. The number of hydrogen-bond acceptors (Lipinski definition) is 1. The lowest BCUT2D eigenvalue weighted by atomic mass is 10.0. The fourth-order valence-corrected chi connectivity index (χ4v) is 1.80. The highest BCUT2D eigenvalue weighted by atomic mass is 16.1. The van der Waals surface area contributed by atoms with E-state index >= 15 is 0 Å². The lowest BCUT2D eigenvalue weighted by molar-refractivity contribution is -0.116. The van der Waals surface area contributed by atoms with Crippen molar-refractivity contribution in [3.8, 4) is 0 Å². The fourth-order valence-electron chi connectivity index (χ4n) is 1.80. The molecular weight excluding hydrogens is 222 g/mol. The smallest absolute Gasteiger partial charge is 0.244 e. The van der Waals surface area contributed by atoms with Gasteiger partial charge in [0.2, 0.25) is 5.91 Å². The van der Waals surface area contributed by atoms with Crippen molar-refractivity contribution in [2.75, 3.05) is 0 Å². The highest BCUT2D eigenvalue weighted by Crippen LogP contribution is 2.11. The molecule has 0 aliphatic carbocycles. The average molecular weight is 245 g/mol. The van der Waals surface area contributed by atoms with Gasteiger partial charge in [-0.15, -0.1) is 0 Å². The van der Waals surface area contributed by atoms with Crippen molar-refractivity contribution in [2.45, 2.75) is 40.2 Å². The second-order valence-corrected chi connectivity index (χ2v) is 5.34. The molecule has 0 aromatic heterocycles. The molecule has 1 amide bonds. The van der Waals surface area contributed by atoms with Crippen LogP contribution in [0.5, 0.6) is 0 Å². The highest BCUT2D eigenvalue weighted by Gasteiger charge is 1.99. The van der Waals surface area contributed by atoms with Gasteiger partial charge in [-0.2, -0.15) is 0 Å². The van der Waals surface area contributed by atoms with Crippen LogP contribution < -0.4 is 5.32 Å². The van der Waals surface area contributed by atoms with E-state index in [1.165, 1.54) is 5.56 Å². The Labute approximate surface area is 110 Å². The van der Waals surface area contributed by atoms with Gasteiger partial charge in [-0.25, -0.2) is 0 Å². The maximum absolute atomic E-state index is 11.5. The molecule has 2 nitrogen and oxygen atoms in total. The van der Waals surface area contributed by atoms with Crippen LogP contribution in [0.1, 0.15) is 38.8 Å². The SMILES string of the molecule is CC(C)Cc1cccc(/C=C/C(=O)NC(C)C)c1. The maximum Gasteiger partial charge on any atom is 0.244 e. The van der Waals surface area contributed by atoms with E-state index < -0.39 is 0 Å². The average Bonchev–Trinajstić information content (AvgIpc) is 2.25. The van der Waals surface area contributed by atoms with Crippen molar-refractivity contribution >= 4 is 12.0 Å². The first-order valence-corrected chi connectivity index (χ1v) is 6.55. The number of carbonyl (C=O) groups is 1. The molecule has 1 N–H and O–H groups in total. The topological polar surface area (TPSA) is 29.1 Å². The minimum absolute atomic E-state index is 0.0423. The van der Waals surface area contributed by atoms with Crippen LogP contribution in [0.25, 0.3) is 6.08 Å². The molecule has 0 fully saturated rings. The fraction of sp³-hybridized carbons (Fsp3) is 0.438. The summed E-state index contributed by atoms with van der Waals surface area (Å²) < 4.78 is 0. The second kappa shape index (κ2) is 7.00. The lowest BCUT2D eigenvalue weighted by Gasteiger charge is -2.06. The summed E-state index contributed by atoms with van der Waals surface area (Å²) in [5.41, 5.74) is 2.39. The predicted molar refractivity (Wildman–Crippen MR) is 77.3 cm³/mol. The second-order valence-electron chi connectivity index (χ2n) is 5.34. The van der Waals surface area contributed by atoms with E-state index in [4.69, 9.17) is 0 Å². The Bertz CT molecular complexity index is 419. The van der Waals surface area contributed by atoms with Crippen molar-refractivity contribution in [2.24, 2.45) is 5.92 Å². The van der Waals surface area contributed by atoms with Gasteiger partial charge < -0.3 is 5.32 Å². The number of nitrogens with one attached hydrogen (secondary N) is 1. The van der Waals surface area contributed by atoms with Crippen LogP contribution >= 0.6 is 0 Å². The Balaban J connectivity index is 2.67. The molecule has 0 heterocycles. The van der Waals surface area contributed by atoms with Gasteiger partial charge >= 0.3 is 0 Å². The summed E-state index contributed by atoms with van der Waals surface area (Å²) in [6, 6.07) is 8.50. The lowest BCUT2D eigenvalue weighted by Crippen LogP contribution is -2.28. The Morgan fingerprint density at radius 2 is 2.00 bits per heavy atom. The van der Waals surface area contributed by atoms with Crippen LogP contribution in [-0.4, -0.2) is 11.9 Å². The van der Waals surface area contributed by atoms with Crippen molar-refractivity contribution in [1.82, 2.24) is 5.32 Å². The van der Waals surface area contributed by atoms with E-state index in [2.05, 4.69) is 31.3 Å². The van der Waals surface area contributed by atoms with Crippen LogP contribution in [-0.2, 0) is 11.2 Å². The third-order valence-electron chi connectivity index (χ3n) is 2.45. The van der Waals surface area contributed by atoms with Crippen LogP contribution in [0.2, 0.25) is 0 Å². The first-order chi connectivity index (χ1) is 8.47. The zero-order valence-corrected chi connectivity index (χ0v) is 11.7.